The molecule has 164 valence electrons. The third kappa shape index (κ3) is 5.16. The Hall–Kier alpha value is -2.66. The molecule has 0 aliphatic heterocycles. The van der Waals surface area contributed by atoms with E-state index in [1.165, 1.54) is 12.0 Å². The number of ether oxygens (including phenoxy) is 1. The van der Waals surface area contributed by atoms with Crippen molar-refractivity contribution in [1.82, 2.24) is 20.3 Å². The van der Waals surface area contributed by atoms with Gasteiger partial charge in [-0.05, 0) is 61.3 Å². The fourth-order valence-electron chi connectivity index (χ4n) is 4.88. The van der Waals surface area contributed by atoms with Crippen molar-refractivity contribution in [2.45, 2.75) is 40.2 Å². The topological polar surface area (TPSA) is 62.8 Å². The van der Waals surface area contributed by atoms with E-state index in [-0.39, 0.29) is 0 Å². The molecule has 5 heteroatoms. The molecule has 0 spiro atoms. The summed E-state index contributed by atoms with van der Waals surface area (Å²) in [7, 11) is 1.70. The highest BCUT2D eigenvalue weighted by atomic mass is 16.5. The molecule has 0 saturated heterocycles. The van der Waals surface area contributed by atoms with E-state index in [1.807, 2.05) is 36.5 Å². The van der Waals surface area contributed by atoms with Crippen LogP contribution in [0, 0.1) is 23.7 Å². The van der Waals surface area contributed by atoms with Crippen LogP contribution < -0.4 is 10.1 Å². The molecule has 1 aliphatic carbocycles. The third-order valence-corrected chi connectivity index (χ3v) is 6.67. The van der Waals surface area contributed by atoms with E-state index in [2.05, 4.69) is 48.2 Å². The summed E-state index contributed by atoms with van der Waals surface area (Å²) in [4.78, 5) is 12.8. The molecule has 31 heavy (non-hydrogen) atoms. The molecule has 5 nitrogen and oxygen atoms in total. The lowest BCUT2D eigenvalue weighted by Crippen LogP contribution is -2.34. The van der Waals surface area contributed by atoms with Gasteiger partial charge in [0.05, 0.1) is 23.8 Å². The lowest BCUT2D eigenvalue weighted by molar-refractivity contribution is 0.221. The number of hydrogen-bond acceptors (Lipinski definition) is 4. The molecular formula is C26H34N4O. The molecule has 1 aliphatic rings. The number of aromatic nitrogens is 3. The zero-order chi connectivity index (χ0) is 21.8. The van der Waals surface area contributed by atoms with Gasteiger partial charge in [0.2, 0.25) is 0 Å². The number of benzene rings is 1. The largest absolute Gasteiger partial charge is 0.497 e. The van der Waals surface area contributed by atoms with Gasteiger partial charge in [0.15, 0.2) is 0 Å². The van der Waals surface area contributed by atoms with E-state index in [0.717, 1.165) is 47.8 Å². The Bertz CT molecular complexity index is 1020. The van der Waals surface area contributed by atoms with Crippen molar-refractivity contribution < 1.29 is 4.74 Å². The molecule has 2 heterocycles. The first-order valence-electron chi connectivity index (χ1n) is 11.3. The zero-order valence-corrected chi connectivity index (χ0v) is 19.1. The van der Waals surface area contributed by atoms with Crippen molar-refractivity contribution in [3.8, 4) is 5.75 Å². The van der Waals surface area contributed by atoms with Gasteiger partial charge in [0, 0.05) is 31.8 Å². The molecule has 3 aromatic rings. The average molecular weight is 419 g/mol. The molecule has 3 atom stereocenters. The molecule has 0 radical (unpaired) electrons. The summed E-state index contributed by atoms with van der Waals surface area (Å²) in [5.74, 6) is 4.32. The zero-order valence-electron chi connectivity index (χ0n) is 19.1. The van der Waals surface area contributed by atoms with Crippen LogP contribution in [0.5, 0.6) is 5.75 Å². The SMILES string of the molecule is COc1ccc2nc(C[C@@H]3C[C@@H](C(C)C)[C@H](CNCc4ccccn4)C=C3C)[nH]c2c1. The molecule has 0 unspecified atom stereocenters. The van der Waals surface area contributed by atoms with Gasteiger partial charge in [0.25, 0.3) is 0 Å². The van der Waals surface area contributed by atoms with E-state index < -0.39 is 0 Å². The Labute approximate surface area is 185 Å². The van der Waals surface area contributed by atoms with Crippen LogP contribution >= 0.6 is 0 Å². The number of rotatable bonds is 8. The van der Waals surface area contributed by atoms with Crippen molar-refractivity contribution in [3.63, 3.8) is 0 Å². The van der Waals surface area contributed by atoms with Crippen molar-refractivity contribution in [2.24, 2.45) is 23.7 Å². The number of H-pyrrole nitrogens is 1. The van der Waals surface area contributed by atoms with E-state index in [0.29, 0.717) is 23.7 Å². The standard InChI is InChI=1S/C26H34N4O/c1-17(2)23-12-19(13-26-29-24-9-8-22(31-4)14-25(24)30-26)18(3)11-20(23)15-27-16-21-7-5-6-10-28-21/h5-11,14,17,19-20,23,27H,12-13,15-16H2,1-4H3,(H,29,30)/t19-,20-,23-/m0/s1. The van der Waals surface area contributed by atoms with Crippen LogP contribution in [0.1, 0.15) is 38.7 Å². The van der Waals surface area contributed by atoms with Crippen LogP contribution in [0.15, 0.2) is 54.2 Å². The number of aromatic amines is 1. The Morgan fingerprint density at radius 3 is 2.84 bits per heavy atom. The van der Waals surface area contributed by atoms with Crippen LogP contribution in [0.2, 0.25) is 0 Å². The second-order valence-electron chi connectivity index (χ2n) is 9.14. The monoisotopic (exact) mass is 418 g/mol. The summed E-state index contributed by atoms with van der Waals surface area (Å²) >= 11 is 0. The van der Waals surface area contributed by atoms with Gasteiger partial charge in [0.1, 0.15) is 11.6 Å². The van der Waals surface area contributed by atoms with E-state index in [9.17, 15) is 0 Å². The highest BCUT2D eigenvalue weighted by molar-refractivity contribution is 5.76. The van der Waals surface area contributed by atoms with Crippen LogP contribution in [-0.4, -0.2) is 28.6 Å². The second kappa shape index (κ2) is 9.65. The van der Waals surface area contributed by atoms with Crippen molar-refractivity contribution >= 4 is 11.0 Å². The van der Waals surface area contributed by atoms with Crippen LogP contribution in [-0.2, 0) is 13.0 Å². The number of imidazole rings is 1. The highest BCUT2D eigenvalue weighted by Gasteiger charge is 2.31. The van der Waals surface area contributed by atoms with Crippen molar-refractivity contribution in [3.05, 3.63) is 65.8 Å². The van der Waals surface area contributed by atoms with Crippen molar-refractivity contribution in [2.75, 3.05) is 13.7 Å². The second-order valence-corrected chi connectivity index (χ2v) is 9.14. The van der Waals surface area contributed by atoms with Gasteiger partial charge in [-0.25, -0.2) is 4.98 Å². The van der Waals surface area contributed by atoms with E-state index in [4.69, 9.17) is 9.72 Å². The van der Waals surface area contributed by atoms with E-state index in [1.54, 1.807) is 7.11 Å². The molecule has 4 rings (SSSR count). The number of pyridine rings is 1. The number of hydrogen-bond donors (Lipinski definition) is 2. The van der Waals surface area contributed by atoms with Gasteiger partial charge >= 0.3 is 0 Å². The normalized spacial score (nSPS) is 21.5. The number of allylic oxidation sites excluding steroid dienone is 1. The smallest absolute Gasteiger partial charge is 0.121 e. The number of nitrogens with one attached hydrogen (secondary N) is 2. The summed E-state index contributed by atoms with van der Waals surface area (Å²) in [6.45, 7) is 8.82. The molecule has 0 fully saturated rings. The average Bonchev–Trinajstić information content (AvgIpc) is 3.17. The van der Waals surface area contributed by atoms with E-state index >= 15 is 0 Å². The predicted molar refractivity (Wildman–Crippen MR) is 126 cm³/mol. The molecule has 2 aromatic heterocycles. The van der Waals surface area contributed by atoms with Gasteiger partial charge in [-0.15, -0.1) is 0 Å². The predicted octanol–water partition coefficient (Wildman–Crippen LogP) is 5.15. The number of nitrogens with zero attached hydrogens (tertiary/aromatic N) is 2. The fraction of sp³-hybridized carbons (Fsp3) is 0.462. The summed E-state index contributed by atoms with van der Waals surface area (Å²) in [6.07, 6.45) is 6.53. The Kier molecular flexibility index (Phi) is 6.71. The Morgan fingerprint density at radius 1 is 1.23 bits per heavy atom. The summed E-state index contributed by atoms with van der Waals surface area (Å²) in [6, 6.07) is 12.1. The maximum atomic E-state index is 5.34. The van der Waals surface area contributed by atoms with Crippen LogP contribution in [0.4, 0.5) is 0 Å². The summed E-state index contributed by atoms with van der Waals surface area (Å²) in [5, 5.41) is 3.63. The first-order chi connectivity index (χ1) is 15.0. The van der Waals surface area contributed by atoms with Gasteiger partial charge < -0.3 is 15.0 Å². The number of methoxy groups -OCH3 is 1. The molecule has 0 saturated carbocycles. The summed E-state index contributed by atoms with van der Waals surface area (Å²) in [5.41, 5.74) is 4.63. The minimum Gasteiger partial charge on any atom is -0.497 e. The molecular weight excluding hydrogens is 384 g/mol. The molecule has 2 N–H and O–H groups in total. The van der Waals surface area contributed by atoms with Gasteiger partial charge in [-0.2, -0.15) is 0 Å². The van der Waals surface area contributed by atoms with Gasteiger partial charge in [-0.1, -0.05) is 31.6 Å². The van der Waals surface area contributed by atoms with Crippen LogP contribution in [0.25, 0.3) is 11.0 Å². The maximum Gasteiger partial charge on any atom is 0.121 e. The number of fused-ring (bicyclic) bond motifs is 1. The maximum absolute atomic E-state index is 5.34. The van der Waals surface area contributed by atoms with Crippen molar-refractivity contribution in [1.29, 1.82) is 0 Å². The highest BCUT2D eigenvalue weighted by Crippen LogP contribution is 2.38. The molecule has 0 amide bonds. The summed E-state index contributed by atoms with van der Waals surface area (Å²) < 4.78 is 5.34. The Balaban J connectivity index is 1.44. The minimum absolute atomic E-state index is 0.530. The van der Waals surface area contributed by atoms with Crippen LogP contribution in [0.3, 0.4) is 0 Å². The molecule has 1 aromatic carbocycles. The lowest BCUT2D eigenvalue weighted by atomic mass is 9.70. The fourth-order valence-corrected chi connectivity index (χ4v) is 4.88. The quantitative estimate of drug-likeness (QED) is 0.497. The first-order valence-corrected chi connectivity index (χ1v) is 11.3. The minimum atomic E-state index is 0.530. The third-order valence-electron chi connectivity index (χ3n) is 6.67. The molecule has 0 bridgehead atoms. The van der Waals surface area contributed by atoms with Gasteiger partial charge in [-0.3, -0.25) is 4.98 Å². The Morgan fingerprint density at radius 2 is 2.10 bits per heavy atom. The first kappa shape index (κ1) is 21.6. The lowest BCUT2D eigenvalue weighted by Gasteiger charge is -2.37.